The number of aromatic hydroxyl groups is 1. The Morgan fingerprint density at radius 3 is 2.62 bits per heavy atom. The largest absolute Gasteiger partial charge is 0.507 e. The van der Waals surface area contributed by atoms with Crippen LogP contribution in [0.3, 0.4) is 0 Å². The van der Waals surface area contributed by atoms with E-state index in [1.807, 2.05) is 18.7 Å². The lowest BCUT2D eigenvalue weighted by molar-refractivity contribution is -0.116. The van der Waals surface area contributed by atoms with Crippen LogP contribution in [0.15, 0.2) is 42.5 Å². The van der Waals surface area contributed by atoms with Crippen molar-refractivity contribution in [1.82, 2.24) is 5.32 Å². The first-order chi connectivity index (χ1) is 16.2. The van der Waals surface area contributed by atoms with Crippen LogP contribution in [-0.4, -0.2) is 55.3 Å². The second kappa shape index (κ2) is 10.7. The Morgan fingerprint density at radius 2 is 2.00 bits per heavy atom. The van der Waals surface area contributed by atoms with Gasteiger partial charge in [-0.15, -0.1) is 0 Å². The first kappa shape index (κ1) is 24.6. The number of anilines is 2. The molecule has 1 aliphatic heterocycles. The summed E-state index contributed by atoms with van der Waals surface area (Å²) in [5, 5.41) is 12.4. The Balaban J connectivity index is 1.56. The summed E-state index contributed by atoms with van der Waals surface area (Å²) in [6.07, 6.45) is 1.48. The monoisotopic (exact) mass is 470 g/mol. The lowest BCUT2D eigenvalue weighted by Crippen LogP contribution is -2.33. The molecule has 2 aromatic rings. The number of nitrogens with two attached hydrogens (primary N) is 1. The summed E-state index contributed by atoms with van der Waals surface area (Å²) in [5.41, 5.74) is 6.46. The molecule has 0 aromatic heterocycles. The number of benzene rings is 2. The highest BCUT2D eigenvalue weighted by Gasteiger charge is 2.33. The summed E-state index contributed by atoms with van der Waals surface area (Å²) >= 11 is 0. The third kappa shape index (κ3) is 5.64. The Hall–Kier alpha value is -4.08. The minimum Gasteiger partial charge on any atom is -0.507 e. The Bertz CT molecular complexity index is 1120. The highest BCUT2D eigenvalue weighted by molar-refractivity contribution is 5.96. The van der Waals surface area contributed by atoms with Gasteiger partial charge in [0.2, 0.25) is 5.91 Å². The normalized spacial score (nSPS) is 15.4. The Labute approximate surface area is 196 Å². The maximum Gasteiger partial charge on any atom is 0.414 e. The Morgan fingerprint density at radius 1 is 1.26 bits per heavy atom. The zero-order valence-corrected chi connectivity index (χ0v) is 19.0. The van der Waals surface area contributed by atoms with Gasteiger partial charge in [-0.1, -0.05) is 6.07 Å². The van der Waals surface area contributed by atoms with E-state index in [1.165, 1.54) is 41.3 Å². The van der Waals surface area contributed by atoms with E-state index in [9.17, 15) is 23.9 Å². The molecule has 0 radical (unpaired) electrons. The van der Waals surface area contributed by atoms with E-state index < -0.39 is 29.8 Å². The molecule has 0 aliphatic carbocycles. The van der Waals surface area contributed by atoms with Gasteiger partial charge in [-0.3, -0.25) is 14.5 Å². The van der Waals surface area contributed by atoms with Crippen molar-refractivity contribution < 1.29 is 28.6 Å². The number of cyclic esters (lactones) is 1. The summed E-state index contributed by atoms with van der Waals surface area (Å²) in [6.45, 7) is 5.42. The van der Waals surface area contributed by atoms with E-state index in [4.69, 9.17) is 10.5 Å². The first-order valence-electron chi connectivity index (χ1n) is 10.8. The van der Waals surface area contributed by atoms with Gasteiger partial charge in [0, 0.05) is 19.2 Å². The van der Waals surface area contributed by atoms with Crippen molar-refractivity contribution in [1.29, 1.82) is 0 Å². The molecule has 180 valence electrons. The minimum absolute atomic E-state index is 0.0169. The first-order valence-corrected chi connectivity index (χ1v) is 10.8. The van der Waals surface area contributed by atoms with Gasteiger partial charge in [0.15, 0.2) is 0 Å². The van der Waals surface area contributed by atoms with E-state index in [-0.39, 0.29) is 24.4 Å². The molecule has 10 heteroatoms. The van der Waals surface area contributed by atoms with Crippen LogP contribution >= 0.6 is 0 Å². The molecular formula is C24H27FN4O5. The van der Waals surface area contributed by atoms with E-state index in [0.717, 1.165) is 0 Å². The SMILES string of the molecule is CCN(CC)c1ccc(N2C[C@H](CNC(=O)/C=C/c3ccc(C(N)=O)c(O)c3)OC2=O)cc1F. The van der Waals surface area contributed by atoms with Gasteiger partial charge in [0.25, 0.3) is 5.91 Å². The topological polar surface area (TPSA) is 125 Å². The number of rotatable bonds is 9. The number of carbonyl (C=O) groups is 3. The van der Waals surface area contributed by atoms with Crippen molar-refractivity contribution in [2.75, 3.05) is 36.0 Å². The van der Waals surface area contributed by atoms with Crippen molar-refractivity contribution in [3.8, 4) is 5.75 Å². The van der Waals surface area contributed by atoms with Crippen molar-refractivity contribution in [2.24, 2.45) is 5.73 Å². The molecule has 0 bridgehead atoms. The van der Waals surface area contributed by atoms with E-state index >= 15 is 0 Å². The van der Waals surface area contributed by atoms with Crippen LogP contribution in [0.4, 0.5) is 20.6 Å². The van der Waals surface area contributed by atoms with Gasteiger partial charge in [-0.2, -0.15) is 0 Å². The van der Waals surface area contributed by atoms with Crippen molar-refractivity contribution in [3.63, 3.8) is 0 Å². The number of hydrogen-bond donors (Lipinski definition) is 3. The maximum atomic E-state index is 14.6. The number of nitrogens with zero attached hydrogens (tertiary/aromatic N) is 2. The summed E-state index contributed by atoms with van der Waals surface area (Å²) in [4.78, 5) is 38.8. The molecule has 0 saturated carbocycles. The minimum atomic E-state index is -0.756. The van der Waals surface area contributed by atoms with Crippen LogP contribution in [0.2, 0.25) is 0 Å². The van der Waals surface area contributed by atoms with Gasteiger partial charge >= 0.3 is 6.09 Å². The summed E-state index contributed by atoms with van der Waals surface area (Å²) < 4.78 is 19.9. The number of hydrogen-bond acceptors (Lipinski definition) is 6. The fourth-order valence-corrected chi connectivity index (χ4v) is 3.63. The fraction of sp³-hybridized carbons (Fsp3) is 0.292. The molecule has 3 amide bonds. The zero-order valence-electron chi connectivity index (χ0n) is 19.0. The third-order valence-corrected chi connectivity index (χ3v) is 5.44. The second-order valence-electron chi connectivity index (χ2n) is 7.64. The number of amides is 3. The molecular weight excluding hydrogens is 443 g/mol. The highest BCUT2D eigenvalue weighted by Crippen LogP contribution is 2.28. The number of nitrogens with one attached hydrogen (secondary N) is 1. The Kier molecular flexibility index (Phi) is 7.72. The molecule has 1 atom stereocenters. The number of carbonyl (C=O) groups excluding carboxylic acids is 3. The van der Waals surface area contributed by atoms with Crippen molar-refractivity contribution >= 4 is 35.4 Å². The fourth-order valence-electron chi connectivity index (χ4n) is 3.63. The van der Waals surface area contributed by atoms with Crippen molar-refractivity contribution in [3.05, 3.63) is 59.4 Å². The summed E-state index contributed by atoms with van der Waals surface area (Å²) in [5.74, 6) is -1.91. The predicted octanol–water partition coefficient (Wildman–Crippen LogP) is 2.63. The van der Waals surface area contributed by atoms with Crippen molar-refractivity contribution in [2.45, 2.75) is 20.0 Å². The van der Waals surface area contributed by atoms with Crippen LogP contribution in [0.1, 0.15) is 29.8 Å². The highest BCUT2D eigenvalue weighted by atomic mass is 19.1. The molecule has 4 N–H and O–H groups in total. The molecule has 1 heterocycles. The number of ether oxygens (including phenoxy) is 1. The average molecular weight is 471 g/mol. The predicted molar refractivity (Wildman–Crippen MR) is 126 cm³/mol. The van der Waals surface area contributed by atoms with Gasteiger partial charge in [-0.05, 0) is 55.8 Å². The zero-order chi connectivity index (χ0) is 24.8. The smallest absolute Gasteiger partial charge is 0.414 e. The van der Waals surface area contributed by atoms with Crippen LogP contribution in [-0.2, 0) is 9.53 Å². The second-order valence-corrected chi connectivity index (χ2v) is 7.64. The lowest BCUT2D eigenvalue weighted by Gasteiger charge is -2.23. The molecule has 0 unspecified atom stereocenters. The molecule has 3 rings (SSSR count). The maximum absolute atomic E-state index is 14.6. The van der Waals surface area contributed by atoms with Gasteiger partial charge in [0.05, 0.1) is 30.0 Å². The standard InChI is InChI=1S/C24H27FN4O5/c1-3-28(4-2)20-9-7-16(12-19(20)25)29-14-17(34-24(29)33)13-27-22(31)10-6-15-5-8-18(23(26)32)21(30)11-15/h5-12,17,30H,3-4,13-14H2,1-2H3,(H2,26,32)(H,27,31)/b10-6+/t17-/m0/s1. The van der Waals surface area contributed by atoms with Crippen LogP contribution in [0, 0.1) is 5.82 Å². The van der Waals surface area contributed by atoms with Gasteiger partial charge < -0.3 is 25.8 Å². The molecule has 9 nitrogen and oxygen atoms in total. The molecule has 1 fully saturated rings. The molecule has 34 heavy (non-hydrogen) atoms. The summed E-state index contributed by atoms with van der Waals surface area (Å²) in [6, 6.07) is 8.81. The van der Waals surface area contributed by atoms with Gasteiger partial charge in [-0.25, -0.2) is 9.18 Å². The molecule has 2 aromatic carbocycles. The molecule has 1 saturated heterocycles. The van der Waals surface area contributed by atoms with E-state index in [1.54, 1.807) is 12.1 Å². The average Bonchev–Trinajstić information content (AvgIpc) is 3.18. The third-order valence-electron chi connectivity index (χ3n) is 5.44. The van der Waals surface area contributed by atoms with Gasteiger partial charge in [0.1, 0.15) is 17.7 Å². The van der Waals surface area contributed by atoms with Crippen LogP contribution < -0.4 is 20.9 Å². The summed E-state index contributed by atoms with van der Waals surface area (Å²) in [7, 11) is 0. The number of halogens is 1. The van der Waals surface area contributed by atoms with E-state index in [2.05, 4.69) is 5.32 Å². The van der Waals surface area contributed by atoms with Crippen LogP contribution in [0.25, 0.3) is 6.08 Å². The lowest BCUT2D eigenvalue weighted by atomic mass is 10.1. The van der Waals surface area contributed by atoms with Crippen LogP contribution in [0.5, 0.6) is 5.75 Å². The molecule has 1 aliphatic rings. The van der Waals surface area contributed by atoms with E-state index in [0.29, 0.717) is 30.0 Å². The molecule has 0 spiro atoms. The quantitative estimate of drug-likeness (QED) is 0.484. The number of primary amides is 1. The number of phenols is 1.